The van der Waals surface area contributed by atoms with Gasteiger partial charge in [-0.05, 0) is 49.7 Å². The van der Waals surface area contributed by atoms with E-state index in [9.17, 15) is 0 Å². The topological polar surface area (TPSA) is 68.8 Å². The Bertz CT molecular complexity index is 750. The van der Waals surface area contributed by atoms with E-state index < -0.39 is 0 Å². The average Bonchev–Trinajstić information content (AvgIpc) is 2.80. The first-order valence-electron chi connectivity index (χ1n) is 12.3. The molecule has 4 heterocycles. The SMILES string of the molecule is CC1CCN(c2cc(N3CCC[C@@H](C)C3)nc(NC(=S)NCCN3CCOCC3)n2)CC1. The van der Waals surface area contributed by atoms with Crippen molar-refractivity contribution in [2.75, 3.05) is 80.7 Å². The smallest absolute Gasteiger partial charge is 0.232 e. The second-order valence-corrected chi connectivity index (χ2v) is 10.0. The molecule has 3 saturated heterocycles. The van der Waals surface area contributed by atoms with Crippen molar-refractivity contribution in [1.82, 2.24) is 20.2 Å². The van der Waals surface area contributed by atoms with Crippen LogP contribution in [0.15, 0.2) is 6.07 Å². The first kappa shape index (κ1) is 23.4. The van der Waals surface area contributed by atoms with Crippen LogP contribution in [-0.4, -0.2) is 85.6 Å². The lowest BCUT2D eigenvalue weighted by Gasteiger charge is -2.34. The van der Waals surface area contributed by atoms with Crippen LogP contribution in [-0.2, 0) is 4.74 Å². The minimum Gasteiger partial charge on any atom is -0.379 e. The highest BCUT2D eigenvalue weighted by Crippen LogP contribution is 2.28. The summed E-state index contributed by atoms with van der Waals surface area (Å²) in [7, 11) is 0. The molecule has 0 unspecified atom stereocenters. The van der Waals surface area contributed by atoms with Crippen molar-refractivity contribution in [2.45, 2.75) is 39.5 Å². The van der Waals surface area contributed by atoms with Crippen molar-refractivity contribution in [2.24, 2.45) is 11.8 Å². The molecule has 3 aliphatic heterocycles. The first-order valence-corrected chi connectivity index (χ1v) is 12.7. The quantitative estimate of drug-likeness (QED) is 0.622. The number of anilines is 3. The van der Waals surface area contributed by atoms with Gasteiger partial charge in [-0.1, -0.05) is 13.8 Å². The summed E-state index contributed by atoms with van der Waals surface area (Å²) >= 11 is 5.56. The highest BCUT2D eigenvalue weighted by Gasteiger charge is 2.22. The number of aromatic nitrogens is 2. The number of rotatable bonds is 6. The number of morpholine rings is 1. The Kier molecular flexibility index (Phi) is 8.37. The molecular formula is C23H39N7OS. The normalized spacial score (nSPS) is 23.2. The number of hydrogen-bond acceptors (Lipinski definition) is 7. The maximum Gasteiger partial charge on any atom is 0.232 e. The van der Waals surface area contributed by atoms with Crippen molar-refractivity contribution < 1.29 is 4.74 Å². The molecule has 0 spiro atoms. The van der Waals surface area contributed by atoms with Gasteiger partial charge in [-0.15, -0.1) is 0 Å². The van der Waals surface area contributed by atoms with Gasteiger partial charge in [0.2, 0.25) is 5.95 Å². The Morgan fingerprint density at radius 1 is 1.00 bits per heavy atom. The standard InChI is InChI=1S/C23H39N7OS/c1-18-5-9-29(10-6-18)20-16-21(30-8-3-4-19(2)17-30)26-22(25-20)27-23(32)24-7-11-28-12-14-31-15-13-28/h16,18-19H,3-15,17H2,1-2H3,(H2,24,25,26,27,32)/t19-/m1/s1. The molecule has 178 valence electrons. The monoisotopic (exact) mass is 461 g/mol. The molecule has 3 fully saturated rings. The number of ether oxygens (including phenoxy) is 1. The van der Waals surface area contributed by atoms with E-state index in [0.717, 1.165) is 83.1 Å². The second kappa shape index (κ2) is 11.4. The lowest BCUT2D eigenvalue weighted by Crippen LogP contribution is -2.42. The van der Waals surface area contributed by atoms with Crippen LogP contribution in [0.1, 0.15) is 39.5 Å². The average molecular weight is 462 g/mol. The first-order chi connectivity index (χ1) is 15.6. The molecule has 4 rings (SSSR count). The molecule has 0 amide bonds. The predicted octanol–water partition coefficient (Wildman–Crippen LogP) is 2.57. The highest BCUT2D eigenvalue weighted by molar-refractivity contribution is 7.80. The van der Waals surface area contributed by atoms with Crippen molar-refractivity contribution >= 4 is 34.9 Å². The molecule has 2 N–H and O–H groups in total. The predicted molar refractivity (Wildman–Crippen MR) is 135 cm³/mol. The van der Waals surface area contributed by atoms with Crippen LogP contribution in [0.2, 0.25) is 0 Å². The number of nitrogens with zero attached hydrogens (tertiary/aromatic N) is 5. The number of hydrogen-bond donors (Lipinski definition) is 2. The van der Waals surface area contributed by atoms with E-state index in [1.54, 1.807) is 0 Å². The molecule has 0 aromatic carbocycles. The van der Waals surface area contributed by atoms with E-state index in [1.165, 1.54) is 25.7 Å². The van der Waals surface area contributed by atoms with Gasteiger partial charge in [0.15, 0.2) is 5.11 Å². The van der Waals surface area contributed by atoms with Gasteiger partial charge >= 0.3 is 0 Å². The van der Waals surface area contributed by atoms with Gasteiger partial charge in [0.1, 0.15) is 11.6 Å². The summed E-state index contributed by atoms with van der Waals surface area (Å²) in [4.78, 5) is 16.9. The number of thiocarbonyl (C=S) groups is 1. The summed E-state index contributed by atoms with van der Waals surface area (Å²) in [5.74, 6) is 4.10. The largest absolute Gasteiger partial charge is 0.379 e. The Hall–Kier alpha value is -1.71. The van der Waals surface area contributed by atoms with E-state index in [1.807, 2.05) is 0 Å². The van der Waals surface area contributed by atoms with Gasteiger partial charge in [0, 0.05) is 58.4 Å². The van der Waals surface area contributed by atoms with Crippen LogP contribution in [0.3, 0.4) is 0 Å². The Morgan fingerprint density at radius 3 is 2.44 bits per heavy atom. The Morgan fingerprint density at radius 2 is 1.72 bits per heavy atom. The molecule has 9 heteroatoms. The zero-order chi connectivity index (χ0) is 22.3. The zero-order valence-electron chi connectivity index (χ0n) is 19.7. The Balaban J connectivity index is 1.41. The van der Waals surface area contributed by atoms with Gasteiger partial charge in [0.05, 0.1) is 13.2 Å². The summed E-state index contributed by atoms with van der Waals surface area (Å²) in [5.41, 5.74) is 0. The van der Waals surface area contributed by atoms with Crippen LogP contribution < -0.4 is 20.4 Å². The van der Waals surface area contributed by atoms with Gasteiger partial charge in [-0.25, -0.2) is 0 Å². The van der Waals surface area contributed by atoms with Crippen LogP contribution in [0.5, 0.6) is 0 Å². The van der Waals surface area contributed by atoms with E-state index >= 15 is 0 Å². The third kappa shape index (κ3) is 6.65. The van der Waals surface area contributed by atoms with Crippen LogP contribution >= 0.6 is 12.2 Å². The molecule has 1 aromatic heterocycles. The number of piperidine rings is 2. The number of nitrogens with one attached hydrogen (secondary N) is 2. The molecule has 0 radical (unpaired) electrons. The minimum absolute atomic E-state index is 0.584. The molecule has 32 heavy (non-hydrogen) atoms. The van der Waals surface area contributed by atoms with Crippen LogP contribution in [0.4, 0.5) is 17.6 Å². The minimum atomic E-state index is 0.584. The molecule has 3 aliphatic rings. The molecule has 0 aliphatic carbocycles. The second-order valence-electron chi connectivity index (χ2n) is 9.61. The van der Waals surface area contributed by atoms with Gasteiger partial charge < -0.3 is 25.2 Å². The molecule has 1 aromatic rings. The molecular weight excluding hydrogens is 422 g/mol. The van der Waals surface area contributed by atoms with Gasteiger partial charge in [-0.3, -0.25) is 4.90 Å². The zero-order valence-corrected chi connectivity index (χ0v) is 20.5. The van der Waals surface area contributed by atoms with E-state index in [4.69, 9.17) is 26.9 Å². The molecule has 1 atom stereocenters. The molecule has 0 bridgehead atoms. The fourth-order valence-corrected chi connectivity index (χ4v) is 4.93. The van der Waals surface area contributed by atoms with E-state index in [2.05, 4.69) is 45.2 Å². The van der Waals surface area contributed by atoms with E-state index in [0.29, 0.717) is 17.0 Å². The van der Waals surface area contributed by atoms with Crippen LogP contribution in [0.25, 0.3) is 0 Å². The highest BCUT2D eigenvalue weighted by atomic mass is 32.1. The summed E-state index contributed by atoms with van der Waals surface area (Å²) in [6.07, 6.45) is 4.93. The van der Waals surface area contributed by atoms with Crippen molar-refractivity contribution in [1.29, 1.82) is 0 Å². The van der Waals surface area contributed by atoms with Crippen molar-refractivity contribution in [3.63, 3.8) is 0 Å². The lowest BCUT2D eigenvalue weighted by atomic mass is 9.99. The fraction of sp³-hybridized carbons (Fsp3) is 0.783. The summed E-state index contributed by atoms with van der Waals surface area (Å²) < 4.78 is 5.42. The third-order valence-electron chi connectivity index (χ3n) is 6.83. The van der Waals surface area contributed by atoms with Gasteiger partial charge in [-0.2, -0.15) is 9.97 Å². The lowest BCUT2D eigenvalue weighted by molar-refractivity contribution is 0.0389. The maximum absolute atomic E-state index is 5.56. The molecule has 8 nitrogen and oxygen atoms in total. The maximum atomic E-state index is 5.56. The summed E-state index contributed by atoms with van der Waals surface area (Å²) in [6, 6.07) is 2.17. The molecule has 0 saturated carbocycles. The van der Waals surface area contributed by atoms with Crippen molar-refractivity contribution in [3.8, 4) is 0 Å². The fourth-order valence-electron chi connectivity index (χ4n) is 4.74. The van der Waals surface area contributed by atoms with Crippen molar-refractivity contribution in [3.05, 3.63) is 6.07 Å². The van der Waals surface area contributed by atoms with Gasteiger partial charge in [0.25, 0.3) is 0 Å². The third-order valence-corrected chi connectivity index (χ3v) is 7.08. The Labute approximate surface area is 198 Å². The van der Waals surface area contributed by atoms with Crippen LogP contribution in [0, 0.1) is 11.8 Å². The summed E-state index contributed by atoms with van der Waals surface area (Å²) in [6.45, 7) is 14.2. The van der Waals surface area contributed by atoms with E-state index in [-0.39, 0.29) is 0 Å². The summed E-state index contributed by atoms with van der Waals surface area (Å²) in [5, 5.41) is 7.16.